The third-order valence-corrected chi connectivity index (χ3v) is 4.61. The molecule has 0 bridgehead atoms. The topological polar surface area (TPSA) is 101 Å². The Bertz CT molecular complexity index is 565. The smallest absolute Gasteiger partial charge is 0.248 e. The summed E-state index contributed by atoms with van der Waals surface area (Å²) in [6, 6.07) is 5.69. The Hall–Kier alpha value is -1.44. The Labute approximate surface area is 112 Å². The summed E-state index contributed by atoms with van der Waals surface area (Å²) in [7, 11) is -3.60. The molecule has 0 aliphatic carbocycles. The fraction of sp³-hybridized carbons (Fsp3) is 0.417. The molecule has 1 aliphatic heterocycles. The van der Waals surface area contributed by atoms with Crippen molar-refractivity contribution in [3.05, 3.63) is 29.8 Å². The maximum atomic E-state index is 12.2. The largest absolute Gasteiger partial charge is 0.366 e. The van der Waals surface area contributed by atoms with Gasteiger partial charge in [-0.2, -0.15) is 0 Å². The predicted molar refractivity (Wildman–Crippen MR) is 71.2 cm³/mol. The first-order valence-corrected chi connectivity index (χ1v) is 7.60. The highest BCUT2D eigenvalue weighted by Crippen LogP contribution is 2.13. The van der Waals surface area contributed by atoms with Gasteiger partial charge in [0.05, 0.1) is 4.90 Å². The van der Waals surface area contributed by atoms with E-state index in [1.54, 1.807) is 0 Å². The number of sulfonamides is 1. The van der Waals surface area contributed by atoms with E-state index in [2.05, 4.69) is 10.0 Å². The second kappa shape index (κ2) is 5.68. The lowest BCUT2D eigenvalue weighted by molar-refractivity contribution is 0.1000. The third kappa shape index (κ3) is 3.52. The van der Waals surface area contributed by atoms with E-state index in [0.717, 1.165) is 25.9 Å². The van der Waals surface area contributed by atoms with Crippen LogP contribution in [0.15, 0.2) is 29.2 Å². The van der Waals surface area contributed by atoms with Gasteiger partial charge in [0.1, 0.15) is 0 Å². The highest BCUT2D eigenvalue weighted by molar-refractivity contribution is 7.89. The number of piperidine rings is 1. The molecule has 7 heteroatoms. The van der Waals surface area contributed by atoms with Gasteiger partial charge < -0.3 is 11.1 Å². The van der Waals surface area contributed by atoms with E-state index in [-0.39, 0.29) is 16.5 Å². The zero-order valence-electron chi connectivity index (χ0n) is 10.4. The molecule has 1 aromatic carbocycles. The Balaban J connectivity index is 2.18. The van der Waals surface area contributed by atoms with E-state index in [0.29, 0.717) is 0 Å². The van der Waals surface area contributed by atoms with E-state index in [1.807, 2.05) is 0 Å². The number of carbonyl (C=O) groups is 1. The molecule has 0 radical (unpaired) electrons. The highest BCUT2D eigenvalue weighted by Gasteiger charge is 2.22. The van der Waals surface area contributed by atoms with Gasteiger partial charge in [0.15, 0.2) is 0 Å². The maximum absolute atomic E-state index is 12.2. The summed E-state index contributed by atoms with van der Waals surface area (Å²) in [5.74, 6) is -0.640. The Morgan fingerprint density at radius 3 is 2.63 bits per heavy atom. The fourth-order valence-electron chi connectivity index (χ4n) is 2.04. The summed E-state index contributed by atoms with van der Waals surface area (Å²) >= 11 is 0. The quantitative estimate of drug-likeness (QED) is 0.713. The second-order valence-corrected chi connectivity index (χ2v) is 6.25. The molecule has 0 unspecified atom stereocenters. The molecule has 0 atom stereocenters. The Morgan fingerprint density at radius 1 is 1.32 bits per heavy atom. The summed E-state index contributed by atoms with van der Waals surface area (Å²) in [4.78, 5) is 11.1. The number of primary amides is 1. The molecule has 2 rings (SSSR count). The third-order valence-electron chi connectivity index (χ3n) is 3.09. The first kappa shape index (κ1) is 14.0. The average molecular weight is 283 g/mol. The summed E-state index contributed by atoms with van der Waals surface area (Å²) in [6.07, 6.45) is 1.52. The summed E-state index contributed by atoms with van der Waals surface area (Å²) < 4.78 is 27.0. The van der Waals surface area contributed by atoms with Crippen LogP contribution in [0.4, 0.5) is 0 Å². The first-order chi connectivity index (χ1) is 8.99. The monoisotopic (exact) mass is 283 g/mol. The number of nitrogens with two attached hydrogens (primary N) is 1. The van der Waals surface area contributed by atoms with Crippen molar-refractivity contribution < 1.29 is 13.2 Å². The molecular weight excluding hydrogens is 266 g/mol. The molecule has 1 saturated heterocycles. The lowest BCUT2D eigenvalue weighted by Gasteiger charge is -2.23. The predicted octanol–water partition coefficient (Wildman–Crippen LogP) is -0.184. The van der Waals surface area contributed by atoms with Crippen LogP contribution in [0.5, 0.6) is 0 Å². The van der Waals surface area contributed by atoms with Crippen LogP contribution in [0.2, 0.25) is 0 Å². The molecule has 6 nitrogen and oxygen atoms in total. The van der Waals surface area contributed by atoms with E-state index in [4.69, 9.17) is 5.73 Å². The van der Waals surface area contributed by atoms with Gasteiger partial charge in [0.25, 0.3) is 0 Å². The SMILES string of the molecule is NC(=O)c1cccc(S(=O)(=O)NC2CCNCC2)c1. The summed E-state index contributed by atoms with van der Waals surface area (Å²) in [6.45, 7) is 1.60. The van der Waals surface area contributed by atoms with Gasteiger partial charge in [-0.25, -0.2) is 13.1 Å². The van der Waals surface area contributed by atoms with Crippen molar-refractivity contribution >= 4 is 15.9 Å². The molecule has 1 heterocycles. The molecule has 0 saturated carbocycles. The van der Waals surface area contributed by atoms with E-state index in [1.165, 1.54) is 24.3 Å². The van der Waals surface area contributed by atoms with Crippen molar-refractivity contribution in [1.82, 2.24) is 10.0 Å². The second-order valence-electron chi connectivity index (χ2n) is 4.54. The van der Waals surface area contributed by atoms with Crippen LogP contribution in [0.1, 0.15) is 23.2 Å². The van der Waals surface area contributed by atoms with Crippen LogP contribution in [0.3, 0.4) is 0 Å². The molecule has 1 aromatic rings. The van der Waals surface area contributed by atoms with Gasteiger partial charge in [0.2, 0.25) is 15.9 Å². The number of hydrogen-bond donors (Lipinski definition) is 3. The molecule has 1 amide bonds. The molecule has 1 fully saturated rings. The molecule has 0 aromatic heterocycles. The van der Waals surface area contributed by atoms with Crippen molar-refractivity contribution in [2.24, 2.45) is 5.73 Å². The van der Waals surface area contributed by atoms with Crippen molar-refractivity contribution in [3.63, 3.8) is 0 Å². The van der Waals surface area contributed by atoms with Crippen molar-refractivity contribution in [3.8, 4) is 0 Å². The van der Waals surface area contributed by atoms with Gasteiger partial charge >= 0.3 is 0 Å². The van der Waals surface area contributed by atoms with Crippen LogP contribution in [-0.2, 0) is 10.0 Å². The Morgan fingerprint density at radius 2 is 2.00 bits per heavy atom. The number of nitrogens with one attached hydrogen (secondary N) is 2. The number of amides is 1. The molecule has 4 N–H and O–H groups in total. The molecule has 19 heavy (non-hydrogen) atoms. The van der Waals surface area contributed by atoms with Gasteiger partial charge in [-0.05, 0) is 44.1 Å². The van der Waals surface area contributed by atoms with Gasteiger partial charge in [-0.15, -0.1) is 0 Å². The molecular formula is C12H17N3O3S. The van der Waals surface area contributed by atoms with Gasteiger partial charge in [0, 0.05) is 11.6 Å². The number of hydrogen-bond acceptors (Lipinski definition) is 4. The molecule has 0 spiro atoms. The van der Waals surface area contributed by atoms with Crippen LogP contribution < -0.4 is 15.8 Å². The number of rotatable bonds is 4. The number of benzene rings is 1. The van der Waals surface area contributed by atoms with Crippen LogP contribution in [0, 0.1) is 0 Å². The summed E-state index contributed by atoms with van der Waals surface area (Å²) in [5, 5.41) is 3.17. The van der Waals surface area contributed by atoms with Crippen LogP contribution >= 0.6 is 0 Å². The van der Waals surface area contributed by atoms with Crippen molar-refractivity contribution in [2.45, 2.75) is 23.8 Å². The Kier molecular flexibility index (Phi) is 4.18. The highest BCUT2D eigenvalue weighted by atomic mass is 32.2. The molecule has 1 aliphatic rings. The minimum absolute atomic E-state index is 0.0662. The normalized spacial score (nSPS) is 17.3. The average Bonchev–Trinajstić information content (AvgIpc) is 2.39. The minimum atomic E-state index is -3.60. The number of carbonyl (C=O) groups excluding carboxylic acids is 1. The lowest BCUT2D eigenvalue weighted by atomic mass is 10.1. The van der Waals surface area contributed by atoms with Gasteiger partial charge in [-0.1, -0.05) is 6.07 Å². The minimum Gasteiger partial charge on any atom is -0.366 e. The maximum Gasteiger partial charge on any atom is 0.248 e. The zero-order chi connectivity index (χ0) is 13.9. The van der Waals surface area contributed by atoms with Gasteiger partial charge in [-0.3, -0.25) is 4.79 Å². The lowest BCUT2D eigenvalue weighted by Crippen LogP contribution is -2.42. The molecule has 104 valence electrons. The van der Waals surface area contributed by atoms with Crippen molar-refractivity contribution in [2.75, 3.05) is 13.1 Å². The summed E-state index contributed by atoms with van der Waals surface area (Å²) in [5.41, 5.74) is 5.34. The van der Waals surface area contributed by atoms with Crippen molar-refractivity contribution in [1.29, 1.82) is 0 Å². The van der Waals surface area contributed by atoms with Crippen LogP contribution in [0.25, 0.3) is 0 Å². The fourth-order valence-corrected chi connectivity index (χ4v) is 3.39. The zero-order valence-corrected chi connectivity index (χ0v) is 11.2. The standard InChI is InChI=1S/C12H17N3O3S/c13-12(16)9-2-1-3-11(8-9)19(17,18)15-10-4-6-14-7-5-10/h1-3,8,10,14-15H,4-7H2,(H2,13,16). The first-order valence-electron chi connectivity index (χ1n) is 6.12. The van der Waals surface area contributed by atoms with Crippen LogP contribution in [-0.4, -0.2) is 33.5 Å². The van der Waals surface area contributed by atoms with E-state index in [9.17, 15) is 13.2 Å². The van der Waals surface area contributed by atoms with E-state index < -0.39 is 15.9 Å². The van der Waals surface area contributed by atoms with E-state index >= 15 is 0 Å².